The fraction of sp³-hybridized carbons (Fsp3) is 0.522. The van der Waals surface area contributed by atoms with E-state index in [-0.39, 0.29) is 10.8 Å². The minimum atomic E-state index is -0.111. The normalized spacial score (nSPS) is 15.2. The van der Waals surface area contributed by atoms with Gasteiger partial charge in [-0.3, -0.25) is 0 Å². The van der Waals surface area contributed by atoms with Crippen molar-refractivity contribution >= 4 is 21.4 Å². The first kappa shape index (κ1) is 18.5. The van der Waals surface area contributed by atoms with Gasteiger partial charge in [0.15, 0.2) is 5.82 Å². The second-order valence-corrected chi connectivity index (χ2v) is 10.8. The molecular weight excluding hydrogens is 350 g/mol. The fourth-order valence-corrected chi connectivity index (χ4v) is 5.02. The van der Waals surface area contributed by atoms with Gasteiger partial charge in [0.1, 0.15) is 11.6 Å². The van der Waals surface area contributed by atoms with Crippen LogP contribution in [0.25, 0.3) is 21.5 Å². The number of rotatable bonds is 1. The fourth-order valence-electron chi connectivity index (χ4n) is 3.63. The van der Waals surface area contributed by atoms with Crippen LogP contribution in [0.3, 0.4) is 0 Å². The van der Waals surface area contributed by atoms with Gasteiger partial charge in [-0.1, -0.05) is 53.7 Å². The van der Waals surface area contributed by atoms with Crippen molar-refractivity contribution in [2.75, 3.05) is 0 Å². The molecule has 0 bridgehead atoms. The molecule has 4 rings (SSSR count). The Morgan fingerprint density at radius 1 is 0.815 bits per heavy atom. The molecule has 0 saturated heterocycles. The van der Waals surface area contributed by atoms with Crippen LogP contribution in [-0.4, -0.2) is 15.0 Å². The van der Waals surface area contributed by atoms with E-state index in [1.54, 1.807) is 10.4 Å². The van der Waals surface area contributed by atoms with E-state index in [2.05, 4.69) is 59.7 Å². The topological polar surface area (TPSA) is 38.7 Å². The van der Waals surface area contributed by atoms with Crippen molar-refractivity contribution in [1.29, 1.82) is 0 Å². The van der Waals surface area contributed by atoms with Crippen LogP contribution in [0.1, 0.15) is 76.5 Å². The third-order valence-corrected chi connectivity index (χ3v) is 6.54. The molecule has 0 atom stereocenters. The highest BCUT2D eigenvalue weighted by atomic mass is 32.1. The molecule has 3 aromatic rings. The zero-order valence-corrected chi connectivity index (χ0v) is 18.1. The maximum absolute atomic E-state index is 4.93. The Kier molecular flexibility index (Phi) is 4.38. The van der Waals surface area contributed by atoms with Gasteiger partial charge in [-0.25, -0.2) is 15.0 Å². The van der Waals surface area contributed by atoms with Crippen molar-refractivity contribution in [1.82, 2.24) is 15.0 Å². The Morgan fingerprint density at radius 3 is 2.07 bits per heavy atom. The van der Waals surface area contributed by atoms with Crippen LogP contribution in [0.2, 0.25) is 0 Å². The van der Waals surface area contributed by atoms with Crippen molar-refractivity contribution in [3.05, 3.63) is 40.3 Å². The zero-order chi connectivity index (χ0) is 19.4. The summed E-state index contributed by atoms with van der Waals surface area (Å²) in [6.45, 7) is 13.0. The lowest BCUT2D eigenvalue weighted by Crippen LogP contribution is -2.24. The molecule has 0 radical (unpaired) electrons. The highest BCUT2D eigenvalue weighted by Gasteiger charge is 2.26. The van der Waals surface area contributed by atoms with Gasteiger partial charge in [-0.05, 0) is 42.7 Å². The van der Waals surface area contributed by atoms with E-state index in [4.69, 9.17) is 15.0 Å². The summed E-state index contributed by atoms with van der Waals surface area (Å²) in [5, 5.41) is 1.40. The van der Waals surface area contributed by atoms with E-state index < -0.39 is 0 Å². The van der Waals surface area contributed by atoms with Crippen molar-refractivity contribution < 1.29 is 0 Å². The first-order chi connectivity index (χ1) is 12.6. The van der Waals surface area contributed by atoms with Gasteiger partial charge in [0.05, 0.1) is 0 Å². The van der Waals surface area contributed by atoms with Crippen LogP contribution in [0, 0.1) is 0 Å². The average molecular weight is 380 g/mol. The van der Waals surface area contributed by atoms with E-state index in [0.29, 0.717) is 0 Å². The molecule has 0 unspecified atom stereocenters. The summed E-state index contributed by atoms with van der Waals surface area (Å²) in [5.74, 6) is 2.57. The number of hydrogen-bond acceptors (Lipinski definition) is 4. The second kappa shape index (κ2) is 6.37. The van der Waals surface area contributed by atoms with E-state index >= 15 is 0 Å². The highest BCUT2D eigenvalue weighted by Crippen LogP contribution is 2.41. The molecule has 1 aliphatic rings. The molecule has 1 aliphatic carbocycles. The van der Waals surface area contributed by atoms with Gasteiger partial charge in [-0.15, -0.1) is 11.3 Å². The molecule has 0 fully saturated rings. The second-order valence-electron chi connectivity index (χ2n) is 9.70. The Labute approximate surface area is 166 Å². The largest absolute Gasteiger partial charge is 0.217 e. The van der Waals surface area contributed by atoms with Crippen LogP contribution in [0.15, 0.2) is 18.2 Å². The van der Waals surface area contributed by atoms with Crippen LogP contribution in [0.5, 0.6) is 0 Å². The molecule has 0 saturated carbocycles. The SMILES string of the molecule is CC(C)(C)c1nc(-c2cccc3c4c(sc23)CCCC4)nc(C(C)(C)C)n1. The number of fused-ring (bicyclic) bond motifs is 3. The van der Waals surface area contributed by atoms with Gasteiger partial charge in [-0.2, -0.15) is 0 Å². The standard InChI is InChI=1S/C23H29N3S/c1-22(2,3)20-24-19(25-21(26-20)23(4,5)6)16-12-9-11-15-14-10-7-8-13-17(14)27-18(15)16/h9,11-12H,7-8,10,13H2,1-6H3. The first-order valence-electron chi connectivity index (χ1n) is 9.95. The minimum absolute atomic E-state index is 0.111. The first-order valence-corrected chi connectivity index (χ1v) is 10.8. The summed E-state index contributed by atoms with van der Waals surface area (Å²) in [5.41, 5.74) is 2.50. The number of nitrogens with zero attached hydrogens (tertiary/aromatic N) is 3. The summed E-state index contributed by atoms with van der Waals surface area (Å²) in [6.07, 6.45) is 5.03. The summed E-state index contributed by atoms with van der Waals surface area (Å²) in [6, 6.07) is 6.62. The Balaban J connectivity index is 1.97. The Bertz CT molecular complexity index is 971. The summed E-state index contributed by atoms with van der Waals surface area (Å²) in [4.78, 5) is 16.2. The third kappa shape index (κ3) is 3.40. The summed E-state index contributed by atoms with van der Waals surface area (Å²) in [7, 11) is 0. The monoisotopic (exact) mass is 379 g/mol. The maximum Gasteiger partial charge on any atom is 0.164 e. The molecule has 0 N–H and O–H groups in total. The summed E-state index contributed by atoms with van der Waals surface area (Å²) >= 11 is 1.95. The lowest BCUT2D eigenvalue weighted by molar-refractivity contribution is 0.497. The number of aryl methyl sites for hydroxylation is 2. The van der Waals surface area contributed by atoms with Gasteiger partial charge < -0.3 is 0 Å². The van der Waals surface area contributed by atoms with E-state index in [1.807, 2.05) is 11.3 Å². The molecule has 4 heteroatoms. The highest BCUT2D eigenvalue weighted by molar-refractivity contribution is 7.19. The molecule has 3 nitrogen and oxygen atoms in total. The van der Waals surface area contributed by atoms with Crippen LogP contribution in [0.4, 0.5) is 0 Å². The number of aromatic nitrogens is 3. The van der Waals surface area contributed by atoms with Gasteiger partial charge in [0, 0.05) is 26.0 Å². The smallest absolute Gasteiger partial charge is 0.164 e. The Hall–Kier alpha value is -1.81. The van der Waals surface area contributed by atoms with Crippen molar-refractivity contribution in [3.8, 4) is 11.4 Å². The minimum Gasteiger partial charge on any atom is -0.217 e. The number of thiophene rings is 1. The Morgan fingerprint density at radius 2 is 1.44 bits per heavy atom. The lowest BCUT2D eigenvalue weighted by Gasteiger charge is -2.22. The molecule has 1 aromatic carbocycles. The average Bonchev–Trinajstić information content (AvgIpc) is 2.98. The zero-order valence-electron chi connectivity index (χ0n) is 17.3. The van der Waals surface area contributed by atoms with Gasteiger partial charge in [0.2, 0.25) is 0 Å². The van der Waals surface area contributed by atoms with E-state index in [0.717, 1.165) is 23.0 Å². The van der Waals surface area contributed by atoms with Crippen LogP contribution in [-0.2, 0) is 23.7 Å². The molecule has 142 valence electrons. The quantitative estimate of drug-likeness (QED) is 0.503. The van der Waals surface area contributed by atoms with Crippen LogP contribution < -0.4 is 0 Å². The van der Waals surface area contributed by atoms with Crippen molar-refractivity contribution in [2.45, 2.75) is 78.1 Å². The van der Waals surface area contributed by atoms with Gasteiger partial charge in [0.25, 0.3) is 0 Å². The van der Waals surface area contributed by atoms with Crippen LogP contribution >= 0.6 is 11.3 Å². The lowest BCUT2D eigenvalue weighted by atomic mass is 9.92. The third-order valence-electron chi connectivity index (χ3n) is 5.20. The van der Waals surface area contributed by atoms with Crippen molar-refractivity contribution in [2.24, 2.45) is 0 Å². The van der Waals surface area contributed by atoms with E-state index in [9.17, 15) is 0 Å². The van der Waals surface area contributed by atoms with E-state index in [1.165, 1.54) is 35.8 Å². The predicted molar refractivity (Wildman–Crippen MR) is 115 cm³/mol. The molecule has 27 heavy (non-hydrogen) atoms. The number of hydrogen-bond donors (Lipinski definition) is 0. The van der Waals surface area contributed by atoms with Crippen molar-refractivity contribution in [3.63, 3.8) is 0 Å². The predicted octanol–water partition coefficient (Wildman–Crippen LogP) is 6.23. The molecule has 0 aliphatic heterocycles. The summed E-state index contributed by atoms with van der Waals surface area (Å²) < 4.78 is 1.34. The molecule has 2 heterocycles. The van der Waals surface area contributed by atoms with Gasteiger partial charge >= 0.3 is 0 Å². The number of benzene rings is 1. The molecule has 0 spiro atoms. The maximum atomic E-state index is 4.93. The molecular formula is C23H29N3S. The molecule has 0 amide bonds. The molecule has 2 aromatic heterocycles.